The molecule has 0 aliphatic heterocycles. The van der Waals surface area contributed by atoms with E-state index in [1.807, 2.05) is 19.9 Å². The largest absolute Gasteiger partial charge is 0.329 e. The number of nitrogens with one attached hydrogen (secondary N) is 2. The lowest BCUT2D eigenvalue weighted by molar-refractivity contribution is -0.119. The van der Waals surface area contributed by atoms with E-state index in [-0.39, 0.29) is 21.1 Å². The van der Waals surface area contributed by atoms with Crippen LogP contribution in [0, 0.1) is 13.8 Å². The number of nitrogens with zero attached hydrogens (tertiary/aromatic N) is 3. The summed E-state index contributed by atoms with van der Waals surface area (Å²) < 4.78 is 3.14. The lowest BCUT2D eigenvalue weighted by Crippen LogP contribution is -2.25. The summed E-state index contributed by atoms with van der Waals surface area (Å²) in [7, 11) is 1.64. The maximum absolute atomic E-state index is 12.6. The van der Waals surface area contributed by atoms with Crippen molar-refractivity contribution < 1.29 is 9.59 Å². The Balaban J connectivity index is 1.72. The Bertz CT molecular complexity index is 1140. The zero-order chi connectivity index (χ0) is 22.2. The third-order valence-corrected chi connectivity index (χ3v) is 5.78. The van der Waals surface area contributed by atoms with Crippen LogP contribution in [0.4, 0.5) is 11.4 Å². The number of carbonyl (C=O) groups excluding carboxylic acids is 2. The van der Waals surface area contributed by atoms with Gasteiger partial charge in [-0.05, 0) is 51.1 Å². The summed E-state index contributed by atoms with van der Waals surface area (Å²) in [6.07, 6.45) is 0. The third-order valence-electron chi connectivity index (χ3n) is 4.62. The summed E-state index contributed by atoms with van der Waals surface area (Å²) in [5.41, 5.74) is 2.92. The van der Waals surface area contributed by atoms with Crippen LogP contribution in [0.5, 0.6) is 0 Å². The van der Waals surface area contributed by atoms with E-state index in [2.05, 4.69) is 15.7 Å². The summed E-state index contributed by atoms with van der Waals surface area (Å²) in [5, 5.41) is 10.7. The molecule has 2 amide bonds. The Morgan fingerprint density at radius 2 is 1.73 bits per heavy atom. The van der Waals surface area contributed by atoms with Crippen LogP contribution in [0.25, 0.3) is 0 Å². The van der Waals surface area contributed by atoms with Gasteiger partial charge < -0.3 is 15.2 Å². The summed E-state index contributed by atoms with van der Waals surface area (Å²) in [6.45, 7) is 5.52. The van der Waals surface area contributed by atoms with E-state index in [0.717, 1.165) is 11.4 Å². The lowest BCUT2D eigenvalue weighted by atomic mass is 10.2. The number of aromatic nitrogens is 3. The highest BCUT2D eigenvalue weighted by Gasteiger charge is 2.20. The van der Waals surface area contributed by atoms with Crippen LogP contribution < -0.4 is 10.6 Å². The Morgan fingerprint density at radius 3 is 2.27 bits per heavy atom. The number of aryl methyl sites for hydroxylation is 2. The van der Waals surface area contributed by atoms with Crippen molar-refractivity contribution in [2.75, 3.05) is 10.6 Å². The maximum atomic E-state index is 12.6. The molecular formula is C20H20Cl3N5O2. The van der Waals surface area contributed by atoms with Gasteiger partial charge in [-0.3, -0.25) is 14.3 Å². The number of amides is 2. The van der Waals surface area contributed by atoms with Gasteiger partial charge in [-0.2, -0.15) is 5.10 Å². The fourth-order valence-corrected chi connectivity index (χ4v) is 3.64. The first kappa shape index (κ1) is 22.2. The van der Waals surface area contributed by atoms with Crippen molar-refractivity contribution in [3.63, 3.8) is 0 Å². The van der Waals surface area contributed by atoms with Crippen LogP contribution in [-0.4, -0.2) is 26.2 Å². The molecule has 3 aromatic rings. The monoisotopic (exact) mass is 467 g/mol. The standard InChI is InChI=1S/C20H20Cl3N5O2/c1-10-7-11(2)28(26-10)12(3)19(29)25-16-6-5-13(8-14(16)21)24-20(30)17-9-15(22)18(23)27(17)4/h5-9,12H,1-4H3,(H,24,30)(H,25,29). The first-order valence-corrected chi connectivity index (χ1v) is 10.2. The molecule has 0 aliphatic carbocycles. The van der Waals surface area contributed by atoms with Gasteiger partial charge in [0.25, 0.3) is 5.91 Å². The number of hydrogen-bond acceptors (Lipinski definition) is 3. The van der Waals surface area contributed by atoms with Crippen LogP contribution in [-0.2, 0) is 11.8 Å². The maximum Gasteiger partial charge on any atom is 0.272 e. The van der Waals surface area contributed by atoms with Gasteiger partial charge in [-0.1, -0.05) is 34.8 Å². The zero-order valence-corrected chi connectivity index (χ0v) is 19.0. The molecule has 10 heteroatoms. The van der Waals surface area contributed by atoms with Crippen LogP contribution in [0.3, 0.4) is 0 Å². The molecule has 0 spiro atoms. The van der Waals surface area contributed by atoms with Crippen molar-refractivity contribution in [2.45, 2.75) is 26.8 Å². The van der Waals surface area contributed by atoms with Gasteiger partial charge in [0.1, 0.15) is 16.9 Å². The number of rotatable bonds is 5. The molecule has 158 valence electrons. The SMILES string of the molecule is Cc1cc(C)n(C(C)C(=O)Nc2ccc(NC(=O)c3cc(Cl)c(Cl)n3C)cc2Cl)n1. The highest BCUT2D eigenvalue weighted by Crippen LogP contribution is 2.28. The van der Waals surface area contributed by atoms with Gasteiger partial charge in [0, 0.05) is 18.4 Å². The van der Waals surface area contributed by atoms with E-state index in [1.54, 1.807) is 36.9 Å². The van der Waals surface area contributed by atoms with Crippen molar-refractivity contribution >= 4 is 58.0 Å². The van der Waals surface area contributed by atoms with Crippen LogP contribution >= 0.6 is 34.8 Å². The van der Waals surface area contributed by atoms with Crippen molar-refractivity contribution in [1.82, 2.24) is 14.3 Å². The van der Waals surface area contributed by atoms with Crippen molar-refractivity contribution in [3.05, 3.63) is 62.6 Å². The average molecular weight is 469 g/mol. The summed E-state index contributed by atoms with van der Waals surface area (Å²) in [6, 6.07) is 7.68. The summed E-state index contributed by atoms with van der Waals surface area (Å²) in [4.78, 5) is 25.1. The Labute approximate surface area is 188 Å². The number of hydrogen-bond donors (Lipinski definition) is 2. The Kier molecular flexibility index (Phi) is 6.45. The first-order chi connectivity index (χ1) is 14.1. The molecule has 1 atom stereocenters. The van der Waals surface area contributed by atoms with E-state index in [0.29, 0.717) is 17.1 Å². The van der Waals surface area contributed by atoms with E-state index in [1.165, 1.54) is 10.6 Å². The fourth-order valence-electron chi connectivity index (χ4n) is 3.04. The van der Waals surface area contributed by atoms with Crippen molar-refractivity contribution in [1.29, 1.82) is 0 Å². The lowest BCUT2D eigenvalue weighted by Gasteiger charge is -2.16. The minimum Gasteiger partial charge on any atom is -0.329 e. The molecule has 3 rings (SSSR count). The minimum absolute atomic E-state index is 0.257. The molecule has 0 saturated heterocycles. The van der Waals surface area contributed by atoms with Crippen molar-refractivity contribution in [3.8, 4) is 0 Å². The molecule has 0 bridgehead atoms. The van der Waals surface area contributed by atoms with Crippen LogP contribution in [0.15, 0.2) is 30.3 Å². The second-order valence-electron chi connectivity index (χ2n) is 6.91. The van der Waals surface area contributed by atoms with E-state index in [9.17, 15) is 9.59 Å². The topological polar surface area (TPSA) is 81.0 Å². The second-order valence-corrected chi connectivity index (χ2v) is 8.09. The van der Waals surface area contributed by atoms with Crippen LogP contribution in [0.1, 0.15) is 34.8 Å². The zero-order valence-electron chi connectivity index (χ0n) is 16.8. The van der Waals surface area contributed by atoms with Gasteiger partial charge in [-0.25, -0.2) is 0 Å². The number of carbonyl (C=O) groups is 2. The molecule has 2 aromatic heterocycles. The highest BCUT2D eigenvalue weighted by molar-refractivity contribution is 6.42. The van der Waals surface area contributed by atoms with Crippen LogP contribution in [0.2, 0.25) is 15.2 Å². The molecule has 2 heterocycles. The quantitative estimate of drug-likeness (QED) is 0.536. The Morgan fingerprint density at radius 1 is 1.03 bits per heavy atom. The van der Waals surface area contributed by atoms with E-state index >= 15 is 0 Å². The van der Waals surface area contributed by atoms with Gasteiger partial charge in [0.05, 0.1) is 21.4 Å². The van der Waals surface area contributed by atoms with Crippen molar-refractivity contribution in [2.24, 2.45) is 7.05 Å². The first-order valence-electron chi connectivity index (χ1n) is 9.03. The highest BCUT2D eigenvalue weighted by atomic mass is 35.5. The molecule has 7 nitrogen and oxygen atoms in total. The van der Waals surface area contributed by atoms with Gasteiger partial charge in [0.15, 0.2) is 0 Å². The smallest absolute Gasteiger partial charge is 0.272 e. The minimum atomic E-state index is -0.513. The molecule has 0 aliphatic rings. The van der Waals surface area contributed by atoms with Gasteiger partial charge in [-0.15, -0.1) is 0 Å². The normalized spacial score (nSPS) is 12.0. The molecule has 2 N–H and O–H groups in total. The average Bonchev–Trinajstić information content (AvgIpc) is 3.15. The molecule has 0 saturated carbocycles. The number of benzene rings is 1. The number of halogens is 3. The van der Waals surface area contributed by atoms with Gasteiger partial charge >= 0.3 is 0 Å². The third kappa shape index (κ3) is 4.48. The molecule has 0 fully saturated rings. The van der Waals surface area contributed by atoms with E-state index < -0.39 is 11.9 Å². The molecule has 30 heavy (non-hydrogen) atoms. The summed E-state index contributed by atoms with van der Waals surface area (Å²) in [5.74, 6) is -0.648. The predicted molar refractivity (Wildman–Crippen MR) is 120 cm³/mol. The molecular weight excluding hydrogens is 449 g/mol. The summed E-state index contributed by atoms with van der Waals surface area (Å²) >= 11 is 18.3. The Hall–Kier alpha value is -2.48. The molecule has 1 unspecified atom stereocenters. The van der Waals surface area contributed by atoms with E-state index in [4.69, 9.17) is 34.8 Å². The fraction of sp³-hybridized carbons (Fsp3) is 0.250. The second kappa shape index (κ2) is 8.71. The molecule has 1 aromatic carbocycles. The number of anilines is 2. The predicted octanol–water partition coefficient (Wildman–Crippen LogP) is 5.25. The molecule has 0 radical (unpaired) electrons. The van der Waals surface area contributed by atoms with Gasteiger partial charge in [0.2, 0.25) is 5.91 Å².